The maximum atomic E-state index is 6.81. The first-order valence-corrected chi connectivity index (χ1v) is 22.1. The second-order valence-electron chi connectivity index (χ2n) is 17.6. The zero-order valence-corrected chi connectivity index (χ0v) is 37.4. The van der Waals surface area contributed by atoms with Gasteiger partial charge < -0.3 is 18.9 Å². The predicted octanol–water partition coefficient (Wildman–Crippen LogP) is 13.6. The summed E-state index contributed by atoms with van der Waals surface area (Å²) in [6, 6.07) is 18.4. The largest absolute Gasteiger partial charge is 0.493 e. The van der Waals surface area contributed by atoms with Gasteiger partial charge in [0.15, 0.2) is 0 Å². The van der Waals surface area contributed by atoms with Gasteiger partial charge in [-0.05, 0) is 103 Å². The maximum Gasteiger partial charge on any atom is 0.126 e. The molecule has 304 valence electrons. The van der Waals surface area contributed by atoms with E-state index >= 15 is 0 Å². The Bertz CT molecular complexity index is 1710. The molecule has 4 nitrogen and oxygen atoms in total. The van der Waals surface area contributed by atoms with Crippen LogP contribution in [0.4, 0.5) is 0 Å². The monoisotopic (exact) mass is 800 g/mol. The Balaban J connectivity index is 1.95. The molecule has 0 saturated carbocycles. The highest BCUT2D eigenvalue weighted by Gasteiger charge is 2.27. The van der Waals surface area contributed by atoms with Crippen LogP contribution in [0.3, 0.4) is 0 Å². The number of alkyl halides is 2. The van der Waals surface area contributed by atoms with Crippen LogP contribution in [0.15, 0.2) is 48.5 Å². The third kappa shape index (κ3) is 10.6. The number of benzene rings is 4. The van der Waals surface area contributed by atoms with Crippen molar-refractivity contribution in [3.8, 4) is 23.0 Å². The molecule has 0 spiro atoms. The first-order chi connectivity index (χ1) is 26.7. The second kappa shape index (κ2) is 19.4. The first kappa shape index (κ1) is 43.8. The van der Waals surface area contributed by atoms with Gasteiger partial charge in [-0.3, -0.25) is 0 Å². The van der Waals surface area contributed by atoms with E-state index in [1.54, 1.807) is 0 Å². The van der Waals surface area contributed by atoms with Crippen LogP contribution in [0.1, 0.15) is 162 Å². The van der Waals surface area contributed by atoms with Crippen molar-refractivity contribution in [2.75, 3.05) is 26.4 Å². The van der Waals surface area contributed by atoms with Gasteiger partial charge in [0.25, 0.3) is 0 Å². The summed E-state index contributed by atoms with van der Waals surface area (Å²) in [6.07, 6.45) is 6.20. The molecule has 0 radical (unpaired) electrons. The first-order valence-electron chi connectivity index (χ1n) is 21.0. The fraction of sp³-hybridized carbons (Fsp3) is 0.520. The smallest absolute Gasteiger partial charge is 0.126 e. The van der Waals surface area contributed by atoms with Crippen molar-refractivity contribution in [2.45, 2.75) is 143 Å². The van der Waals surface area contributed by atoms with Crippen molar-refractivity contribution in [1.82, 2.24) is 0 Å². The molecule has 0 amide bonds. The van der Waals surface area contributed by atoms with E-state index in [1.807, 2.05) is 0 Å². The number of hydrogen-bond acceptors (Lipinski definition) is 4. The highest BCUT2D eigenvalue weighted by Crippen LogP contribution is 2.43. The number of hydrogen-bond donors (Lipinski definition) is 0. The molecule has 0 aliphatic heterocycles. The molecule has 0 fully saturated rings. The third-order valence-corrected chi connectivity index (χ3v) is 11.1. The van der Waals surface area contributed by atoms with Crippen LogP contribution in [0.25, 0.3) is 0 Å². The van der Waals surface area contributed by atoms with Crippen molar-refractivity contribution < 1.29 is 18.9 Å². The molecule has 56 heavy (non-hydrogen) atoms. The molecule has 4 aromatic rings. The van der Waals surface area contributed by atoms with E-state index in [0.29, 0.717) is 63.9 Å². The molecule has 6 heteroatoms. The van der Waals surface area contributed by atoms with Crippen molar-refractivity contribution in [1.29, 1.82) is 0 Å². The highest BCUT2D eigenvalue weighted by atomic mass is 35.5. The fourth-order valence-electron chi connectivity index (χ4n) is 7.61. The summed E-state index contributed by atoms with van der Waals surface area (Å²) in [7, 11) is 0. The van der Waals surface area contributed by atoms with Gasteiger partial charge in [0.1, 0.15) is 23.0 Å². The van der Waals surface area contributed by atoms with Gasteiger partial charge in [0, 0.05) is 37.4 Å². The Morgan fingerprint density at radius 3 is 0.786 bits per heavy atom. The quantitative estimate of drug-likeness (QED) is 0.105. The lowest BCUT2D eigenvalue weighted by molar-refractivity contribution is 0.304. The molecule has 1 aliphatic carbocycles. The Morgan fingerprint density at radius 1 is 0.393 bits per heavy atom. The van der Waals surface area contributed by atoms with Crippen LogP contribution >= 0.6 is 23.2 Å². The third-order valence-electron chi connectivity index (χ3n) is 10.5. The van der Waals surface area contributed by atoms with E-state index < -0.39 is 0 Å². The Hall–Kier alpha value is -3.34. The summed E-state index contributed by atoms with van der Waals surface area (Å²) in [5.74, 6) is 4.58. The fourth-order valence-corrected chi connectivity index (χ4v) is 7.92. The number of ether oxygens (including phenoxy) is 4. The molecular formula is C50H66Cl2O4. The standard InChI is InChI=1S/C50H66Cl2O4/c1-11-15-53-45-35-19-33(31-51)20-36(45)24-40-28-44(50(8,9)10)30-42(48(40)56-18-14-4)26-38-22-34(32-52)21-37(46(38)54-16-12-2)25-41-29-43(49(5,6)7)27-39(23-35)47(41)55-17-13-3/h19-22,27-30H,11-18,23-26,31-32H2,1-10H3. The molecule has 4 aromatic carbocycles. The predicted molar refractivity (Wildman–Crippen MR) is 237 cm³/mol. The van der Waals surface area contributed by atoms with Crippen molar-refractivity contribution in [2.24, 2.45) is 0 Å². The SMILES string of the molecule is CCCOc1c2cc(CCl)cc1Cc1cc(C(C)(C)C)cc(c1OCCC)Cc1cc(CCl)cc(c1OCCC)Cc1cc(C(C)(C)C)cc(c1OCCC)C2. The summed E-state index contributed by atoms with van der Waals surface area (Å²) in [5, 5.41) is 0. The summed E-state index contributed by atoms with van der Waals surface area (Å²) in [4.78, 5) is 0. The molecule has 0 unspecified atom stereocenters. The average Bonchev–Trinajstić information content (AvgIpc) is 3.15. The molecule has 0 saturated heterocycles. The molecule has 0 aromatic heterocycles. The highest BCUT2D eigenvalue weighted by molar-refractivity contribution is 6.17. The lowest BCUT2D eigenvalue weighted by atomic mass is 9.81. The molecule has 5 rings (SSSR count). The average molecular weight is 802 g/mol. The summed E-state index contributed by atoms with van der Waals surface area (Å²) >= 11 is 13.4. The van der Waals surface area contributed by atoms with E-state index in [4.69, 9.17) is 42.1 Å². The van der Waals surface area contributed by atoms with E-state index in [2.05, 4.69) is 118 Å². The van der Waals surface area contributed by atoms with E-state index in [0.717, 1.165) is 104 Å². The van der Waals surface area contributed by atoms with Crippen LogP contribution in [-0.4, -0.2) is 26.4 Å². The zero-order chi connectivity index (χ0) is 40.6. The Labute approximate surface area is 348 Å². The minimum absolute atomic E-state index is 0.0919. The lowest BCUT2D eigenvalue weighted by Crippen LogP contribution is -2.16. The van der Waals surface area contributed by atoms with Crippen LogP contribution in [0, 0.1) is 0 Å². The van der Waals surface area contributed by atoms with Crippen LogP contribution < -0.4 is 18.9 Å². The minimum atomic E-state index is -0.0919. The number of halogens is 2. The van der Waals surface area contributed by atoms with Gasteiger partial charge in [-0.15, -0.1) is 23.2 Å². The van der Waals surface area contributed by atoms with E-state index in [9.17, 15) is 0 Å². The molecular weight excluding hydrogens is 735 g/mol. The maximum absolute atomic E-state index is 6.81. The normalized spacial score (nSPS) is 13.1. The number of fused-ring (bicyclic) bond motifs is 8. The Kier molecular flexibility index (Phi) is 15.2. The lowest BCUT2D eigenvalue weighted by Gasteiger charge is -2.27. The summed E-state index contributed by atoms with van der Waals surface area (Å²) in [6.45, 7) is 24.9. The zero-order valence-electron chi connectivity index (χ0n) is 35.9. The Morgan fingerprint density at radius 2 is 0.607 bits per heavy atom. The second-order valence-corrected chi connectivity index (χ2v) is 18.1. The van der Waals surface area contributed by atoms with Crippen molar-refractivity contribution in [3.63, 3.8) is 0 Å². The van der Waals surface area contributed by atoms with E-state index in [1.165, 1.54) is 11.1 Å². The number of rotatable bonds is 14. The van der Waals surface area contributed by atoms with Crippen LogP contribution in [-0.2, 0) is 48.3 Å². The van der Waals surface area contributed by atoms with E-state index in [-0.39, 0.29) is 10.8 Å². The molecule has 8 bridgehead atoms. The molecule has 0 heterocycles. The minimum Gasteiger partial charge on any atom is -0.493 e. The van der Waals surface area contributed by atoms with Gasteiger partial charge >= 0.3 is 0 Å². The van der Waals surface area contributed by atoms with Gasteiger partial charge in [-0.1, -0.05) is 118 Å². The van der Waals surface area contributed by atoms with Gasteiger partial charge in [0.2, 0.25) is 0 Å². The summed E-state index contributed by atoms with van der Waals surface area (Å²) in [5.41, 5.74) is 13.6. The molecule has 0 N–H and O–H groups in total. The van der Waals surface area contributed by atoms with Gasteiger partial charge in [-0.2, -0.15) is 0 Å². The van der Waals surface area contributed by atoms with Gasteiger partial charge in [-0.25, -0.2) is 0 Å². The molecule has 1 aliphatic rings. The van der Waals surface area contributed by atoms with Crippen LogP contribution in [0.2, 0.25) is 0 Å². The van der Waals surface area contributed by atoms with Gasteiger partial charge in [0.05, 0.1) is 26.4 Å². The topological polar surface area (TPSA) is 36.9 Å². The van der Waals surface area contributed by atoms with Crippen LogP contribution in [0.5, 0.6) is 23.0 Å². The van der Waals surface area contributed by atoms with Crippen molar-refractivity contribution >= 4 is 23.2 Å². The molecule has 0 atom stereocenters. The van der Waals surface area contributed by atoms with Crippen molar-refractivity contribution in [3.05, 3.63) is 115 Å². The summed E-state index contributed by atoms with van der Waals surface area (Å²) < 4.78 is 27.2.